The fourth-order valence-corrected chi connectivity index (χ4v) is 2.76. The van der Waals surface area contributed by atoms with Gasteiger partial charge in [-0.15, -0.1) is 6.58 Å². The van der Waals surface area contributed by atoms with E-state index in [0.29, 0.717) is 12.1 Å². The quantitative estimate of drug-likeness (QED) is 0.541. The third-order valence-electron chi connectivity index (χ3n) is 3.68. The minimum atomic E-state index is -0.441. The monoisotopic (exact) mass is 330 g/mol. The van der Waals surface area contributed by atoms with Crippen molar-refractivity contribution in [2.75, 3.05) is 0 Å². The Morgan fingerprint density at radius 2 is 1.91 bits per heavy atom. The van der Waals surface area contributed by atoms with Crippen molar-refractivity contribution in [1.82, 2.24) is 18.7 Å². The van der Waals surface area contributed by atoms with Crippen LogP contribution >= 0.6 is 11.6 Å². The van der Waals surface area contributed by atoms with Crippen LogP contribution in [0.2, 0.25) is 5.28 Å². The van der Waals surface area contributed by atoms with Gasteiger partial charge >= 0.3 is 5.69 Å². The molecule has 7 heteroatoms. The molecule has 0 unspecified atom stereocenters. The summed E-state index contributed by atoms with van der Waals surface area (Å²) in [4.78, 5) is 29.0. The Morgan fingerprint density at radius 3 is 2.57 bits per heavy atom. The van der Waals surface area contributed by atoms with Gasteiger partial charge in [-0.1, -0.05) is 36.4 Å². The molecule has 0 amide bonds. The maximum absolute atomic E-state index is 12.5. The molecule has 0 saturated carbocycles. The van der Waals surface area contributed by atoms with Crippen LogP contribution in [0.3, 0.4) is 0 Å². The summed E-state index contributed by atoms with van der Waals surface area (Å²) >= 11 is 6.23. The molecule has 0 saturated heterocycles. The summed E-state index contributed by atoms with van der Waals surface area (Å²) in [6.45, 7) is 4.29. The predicted octanol–water partition coefficient (Wildman–Crippen LogP) is 1.78. The van der Waals surface area contributed by atoms with Gasteiger partial charge in [-0.2, -0.15) is 4.98 Å². The summed E-state index contributed by atoms with van der Waals surface area (Å²) in [6.07, 6.45) is 1.58. The molecule has 0 N–H and O–H groups in total. The molecule has 1 aromatic carbocycles. The molecule has 118 valence electrons. The van der Waals surface area contributed by atoms with Gasteiger partial charge in [-0.25, -0.2) is 4.79 Å². The smallest absolute Gasteiger partial charge is 0.304 e. The van der Waals surface area contributed by atoms with E-state index in [4.69, 9.17) is 11.6 Å². The van der Waals surface area contributed by atoms with Crippen molar-refractivity contribution in [2.45, 2.75) is 13.1 Å². The molecule has 0 fully saturated rings. The highest BCUT2D eigenvalue weighted by atomic mass is 35.5. The molecular formula is C16H15ClN4O2. The molecule has 2 aromatic heterocycles. The zero-order chi connectivity index (χ0) is 16.6. The molecule has 2 heterocycles. The highest BCUT2D eigenvalue weighted by Gasteiger charge is 2.19. The average Bonchev–Trinajstić information content (AvgIpc) is 2.87. The summed E-state index contributed by atoms with van der Waals surface area (Å²) in [6, 6.07) is 9.61. The minimum absolute atomic E-state index is 0.171. The lowest BCUT2D eigenvalue weighted by molar-refractivity contribution is 0.674. The molecule has 3 rings (SSSR count). The Hall–Kier alpha value is -2.60. The second kappa shape index (κ2) is 5.89. The number of halogens is 1. The second-order valence-corrected chi connectivity index (χ2v) is 5.51. The van der Waals surface area contributed by atoms with Crippen LogP contribution in [0, 0.1) is 0 Å². The Bertz CT molecular complexity index is 999. The fraction of sp³-hybridized carbons (Fsp3) is 0.188. The normalized spacial score (nSPS) is 11.0. The van der Waals surface area contributed by atoms with E-state index in [-0.39, 0.29) is 17.5 Å². The topological polar surface area (TPSA) is 61.8 Å². The van der Waals surface area contributed by atoms with E-state index in [1.807, 2.05) is 30.3 Å². The number of benzene rings is 1. The molecule has 0 atom stereocenters. The number of fused-ring (bicyclic) bond motifs is 1. The van der Waals surface area contributed by atoms with Gasteiger partial charge in [0.15, 0.2) is 11.2 Å². The fourth-order valence-electron chi connectivity index (χ4n) is 2.53. The Kier molecular flexibility index (Phi) is 3.92. The Morgan fingerprint density at radius 1 is 1.22 bits per heavy atom. The lowest BCUT2D eigenvalue weighted by Gasteiger charge is -2.08. The zero-order valence-electron chi connectivity index (χ0n) is 12.6. The number of allylic oxidation sites excluding steroid dienone is 1. The molecule has 3 aromatic rings. The van der Waals surface area contributed by atoms with Gasteiger partial charge in [-0.05, 0) is 17.2 Å². The van der Waals surface area contributed by atoms with Crippen LogP contribution in [0.1, 0.15) is 5.56 Å². The highest BCUT2D eigenvalue weighted by Crippen LogP contribution is 2.18. The average molecular weight is 331 g/mol. The van der Waals surface area contributed by atoms with Gasteiger partial charge in [0.1, 0.15) is 0 Å². The molecule has 0 radical (unpaired) electrons. The van der Waals surface area contributed by atoms with Crippen molar-refractivity contribution >= 4 is 22.8 Å². The van der Waals surface area contributed by atoms with E-state index in [1.54, 1.807) is 10.6 Å². The van der Waals surface area contributed by atoms with E-state index in [2.05, 4.69) is 11.6 Å². The van der Waals surface area contributed by atoms with Crippen LogP contribution in [0.4, 0.5) is 0 Å². The van der Waals surface area contributed by atoms with Gasteiger partial charge in [0, 0.05) is 13.6 Å². The maximum atomic E-state index is 12.5. The Labute approximate surface area is 136 Å². The van der Waals surface area contributed by atoms with E-state index in [1.165, 1.54) is 11.6 Å². The van der Waals surface area contributed by atoms with E-state index in [0.717, 1.165) is 10.1 Å². The number of aromatic nitrogens is 4. The SMILES string of the molecule is C=CCn1c(=O)n(C)c(=O)c2c1nc(Cl)n2Cc1ccccc1. The second-order valence-electron chi connectivity index (χ2n) is 5.17. The Balaban J connectivity index is 2.32. The van der Waals surface area contributed by atoms with Crippen molar-refractivity contribution < 1.29 is 0 Å². The predicted molar refractivity (Wildman–Crippen MR) is 90.0 cm³/mol. The molecule has 0 aliphatic heterocycles. The number of imidazole rings is 1. The first-order valence-electron chi connectivity index (χ1n) is 7.05. The third kappa shape index (κ3) is 2.51. The van der Waals surface area contributed by atoms with Crippen LogP contribution < -0.4 is 11.2 Å². The first-order chi connectivity index (χ1) is 11.0. The summed E-state index contributed by atoms with van der Waals surface area (Å²) in [5, 5.41) is 0.171. The van der Waals surface area contributed by atoms with E-state index >= 15 is 0 Å². The summed E-state index contributed by atoms with van der Waals surface area (Å²) in [5.41, 5.74) is 0.711. The van der Waals surface area contributed by atoms with Gasteiger partial charge in [0.05, 0.1) is 6.54 Å². The van der Waals surface area contributed by atoms with Crippen LogP contribution in [-0.4, -0.2) is 18.7 Å². The van der Waals surface area contributed by atoms with Gasteiger partial charge in [0.2, 0.25) is 5.28 Å². The highest BCUT2D eigenvalue weighted by molar-refractivity contribution is 6.29. The van der Waals surface area contributed by atoms with Crippen molar-refractivity contribution in [3.8, 4) is 0 Å². The van der Waals surface area contributed by atoms with Crippen molar-refractivity contribution in [3.63, 3.8) is 0 Å². The van der Waals surface area contributed by atoms with Crippen LogP contribution in [0.15, 0.2) is 52.6 Å². The lowest BCUT2D eigenvalue weighted by atomic mass is 10.2. The summed E-state index contributed by atoms with van der Waals surface area (Å²) in [5.74, 6) is 0. The first kappa shape index (κ1) is 15.3. The van der Waals surface area contributed by atoms with Crippen LogP contribution in [0.5, 0.6) is 0 Å². The number of rotatable bonds is 4. The summed E-state index contributed by atoms with van der Waals surface area (Å²) < 4.78 is 4.07. The van der Waals surface area contributed by atoms with Crippen molar-refractivity contribution in [1.29, 1.82) is 0 Å². The molecule has 23 heavy (non-hydrogen) atoms. The zero-order valence-corrected chi connectivity index (χ0v) is 13.3. The van der Waals surface area contributed by atoms with Crippen LogP contribution in [-0.2, 0) is 20.1 Å². The standard InChI is InChI=1S/C16H15ClN4O2/c1-3-9-20-13-12(14(22)19(2)16(20)23)21(15(17)18-13)10-11-7-5-4-6-8-11/h3-8H,1,9-10H2,2H3. The number of hydrogen-bond acceptors (Lipinski definition) is 3. The van der Waals surface area contributed by atoms with Gasteiger partial charge in [-0.3, -0.25) is 13.9 Å². The first-order valence-corrected chi connectivity index (χ1v) is 7.42. The van der Waals surface area contributed by atoms with Crippen molar-refractivity contribution in [2.24, 2.45) is 7.05 Å². The third-order valence-corrected chi connectivity index (χ3v) is 3.97. The van der Waals surface area contributed by atoms with E-state index < -0.39 is 11.2 Å². The molecule has 0 spiro atoms. The molecular weight excluding hydrogens is 316 g/mol. The molecule has 0 aliphatic carbocycles. The lowest BCUT2D eigenvalue weighted by Crippen LogP contribution is -2.38. The van der Waals surface area contributed by atoms with Crippen LogP contribution in [0.25, 0.3) is 11.2 Å². The molecule has 0 aliphatic rings. The van der Waals surface area contributed by atoms with Gasteiger partial charge < -0.3 is 4.57 Å². The van der Waals surface area contributed by atoms with Crippen molar-refractivity contribution in [3.05, 3.63) is 74.7 Å². The van der Waals surface area contributed by atoms with E-state index in [9.17, 15) is 9.59 Å². The molecule has 0 bridgehead atoms. The molecule has 6 nitrogen and oxygen atoms in total. The number of hydrogen-bond donors (Lipinski definition) is 0. The van der Waals surface area contributed by atoms with Gasteiger partial charge in [0.25, 0.3) is 5.56 Å². The minimum Gasteiger partial charge on any atom is -0.304 e. The number of nitrogens with zero attached hydrogens (tertiary/aromatic N) is 4. The maximum Gasteiger partial charge on any atom is 0.332 e. The summed E-state index contributed by atoms with van der Waals surface area (Å²) in [7, 11) is 1.44. The largest absolute Gasteiger partial charge is 0.332 e.